The Morgan fingerprint density at radius 2 is 1.85 bits per heavy atom. The van der Waals surface area contributed by atoms with Gasteiger partial charge in [-0.1, -0.05) is 18.2 Å². The predicted octanol–water partition coefficient (Wildman–Crippen LogP) is 2.50. The maximum absolute atomic E-state index is 11.7. The Morgan fingerprint density at radius 3 is 2.55 bits per heavy atom. The second kappa shape index (κ2) is 6.82. The zero-order valence-corrected chi connectivity index (χ0v) is 11.7. The van der Waals surface area contributed by atoms with Gasteiger partial charge < -0.3 is 4.74 Å². The molecule has 0 saturated heterocycles. The number of hydrogen-bond donors (Lipinski definition) is 0. The van der Waals surface area contributed by atoms with Gasteiger partial charge in [0.05, 0.1) is 12.7 Å². The molecule has 0 aliphatic heterocycles. The zero-order chi connectivity index (χ0) is 14.4. The van der Waals surface area contributed by atoms with Crippen LogP contribution in [0.2, 0.25) is 0 Å². The molecule has 0 unspecified atom stereocenters. The second-order valence-corrected chi connectivity index (χ2v) is 4.68. The summed E-state index contributed by atoms with van der Waals surface area (Å²) in [5.74, 6) is -0.294. The molecule has 0 aliphatic carbocycles. The first kappa shape index (κ1) is 14.2. The summed E-state index contributed by atoms with van der Waals surface area (Å²) in [7, 11) is 3.42. The molecule has 0 radical (unpaired) electrons. The molecule has 0 N–H and O–H groups in total. The molecule has 1 aromatic carbocycles. The van der Waals surface area contributed by atoms with Gasteiger partial charge in [0.1, 0.15) is 0 Å². The quantitative estimate of drug-likeness (QED) is 0.783. The molecule has 0 spiro atoms. The minimum Gasteiger partial charge on any atom is -0.465 e. The number of pyridine rings is 1. The molecule has 2 aromatic rings. The van der Waals surface area contributed by atoms with Gasteiger partial charge in [-0.25, -0.2) is 4.79 Å². The van der Waals surface area contributed by atoms with E-state index in [1.165, 1.54) is 12.7 Å². The van der Waals surface area contributed by atoms with Gasteiger partial charge in [-0.05, 0) is 36.4 Å². The molecule has 20 heavy (non-hydrogen) atoms. The Hall–Kier alpha value is -2.20. The van der Waals surface area contributed by atoms with Crippen molar-refractivity contribution in [2.75, 3.05) is 14.2 Å². The first-order chi connectivity index (χ1) is 9.70. The van der Waals surface area contributed by atoms with Crippen LogP contribution in [0.1, 0.15) is 21.5 Å². The highest BCUT2D eigenvalue weighted by Gasteiger charge is 2.12. The van der Waals surface area contributed by atoms with Crippen molar-refractivity contribution in [1.82, 2.24) is 9.88 Å². The van der Waals surface area contributed by atoms with E-state index in [0.29, 0.717) is 12.1 Å². The molecular formula is C16H18N2O2. The summed E-state index contributed by atoms with van der Waals surface area (Å²) in [6, 6.07) is 11.5. The minimum atomic E-state index is -0.294. The van der Waals surface area contributed by atoms with Gasteiger partial charge in [0, 0.05) is 25.5 Å². The van der Waals surface area contributed by atoms with Crippen LogP contribution in [0.3, 0.4) is 0 Å². The highest BCUT2D eigenvalue weighted by Crippen LogP contribution is 2.13. The number of hydrogen-bond acceptors (Lipinski definition) is 4. The zero-order valence-electron chi connectivity index (χ0n) is 11.7. The van der Waals surface area contributed by atoms with Crippen molar-refractivity contribution >= 4 is 5.97 Å². The summed E-state index contributed by atoms with van der Waals surface area (Å²) >= 11 is 0. The van der Waals surface area contributed by atoms with E-state index in [4.69, 9.17) is 4.74 Å². The lowest BCUT2D eigenvalue weighted by atomic mass is 10.1. The van der Waals surface area contributed by atoms with E-state index in [-0.39, 0.29) is 5.97 Å². The maximum Gasteiger partial charge on any atom is 0.338 e. The Labute approximate surface area is 119 Å². The highest BCUT2D eigenvalue weighted by atomic mass is 16.5. The van der Waals surface area contributed by atoms with Crippen molar-refractivity contribution in [3.05, 3.63) is 65.5 Å². The van der Waals surface area contributed by atoms with Crippen molar-refractivity contribution in [3.63, 3.8) is 0 Å². The summed E-state index contributed by atoms with van der Waals surface area (Å²) in [5.41, 5.74) is 2.78. The average molecular weight is 270 g/mol. The van der Waals surface area contributed by atoms with Crippen LogP contribution in [0.25, 0.3) is 0 Å². The second-order valence-electron chi connectivity index (χ2n) is 4.68. The number of benzene rings is 1. The fraction of sp³-hybridized carbons (Fsp3) is 0.250. The third-order valence-electron chi connectivity index (χ3n) is 3.06. The van der Waals surface area contributed by atoms with Crippen LogP contribution in [-0.2, 0) is 17.8 Å². The van der Waals surface area contributed by atoms with Gasteiger partial charge in [-0.15, -0.1) is 0 Å². The maximum atomic E-state index is 11.7. The van der Waals surface area contributed by atoms with Crippen LogP contribution in [0, 0.1) is 0 Å². The van der Waals surface area contributed by atoms with E-state index in [2.05, 4.69) is 9.88 Å². The largest absolute Gasteiger partial charge is 0.465 e. The lowest BCUT2D eigenvalue weighted by Gasteiger charge is -2.18. The SMILES string of the molecule is COC(=O)c1ccccc1CN(C)Cc1ccncc1. The van der Waals surface area contributed by atoms with Gasteiger partial charge in [0.15, 0.2) is 0 Å². The van der Waals surface area contributed by atoms with Gasteiger partial charge in [0.2, 0.25) is 0 Å². The van der Waals surface area contributed by atoms with Crippen molar-refractivity contribution in [2.45, 2.75) is 13.1 Å². The molecule has 0 aliphatic rings. The number of methoxy groups -OCH3 is 1. The van der Waals surface area contributed by atoms with Crippen LogP contribution >= 0.6 is 0 Å². The van der Waals surface area contributed by atoms with E-state index in [0.717, 1.165) is 12.1 Å². The number of esters is 1. The number of ether oxygens (including phenoxy) is 1. The standard InChI is InChI=1S/C16H18N2O2/c1-18(11-13-7-9-17-10-8-13)12-14-5-3-4-6-15(14)16(19)20-2/h3-10H,11-12H2,1-2H3. The molecule has 0 fully saturated rings. The molecule has 0 saturated carbocycles. The van der Waals surface area contributed by atoms with Crippen molar-refractivity contribution in [1.29, 1.82) is 0 Å². The molecule has 104 valence electrons. The van der Waals surface area contributed by atoms with Crippen LogP contribution in [-0.4, -0.2) is 30.0 Å². The number of nitrogens with zero attached hydrogens (tertiary/aromatic N) is 2. The Balaban J connectivity index is 2.08. The Kier molecular flexibility index (Phi) is 4.85. The summed E-state index contributed by atoms with van der Waals surface area (Å²) in [5, 5.41) is 0. The van der Waals surface area contributed by atoms with Gasteiger partial charge in [-0.2, -0.15) is 0 Å². The summed E-state index contributed by atoms with van der Waals surface area (Å²) in [6.45, 7) is 1.49. The molecule has 0 bridgehead atoms. The van der Waals surface area contributed by atoms with Crippen LogP contribution in [0.15, 0.2) is 48.8 Å². The number of carbonyl (C=O) groups is 1. The predicted molar refractivity (Wildman–Crippen MR) is 77.2 cm³/mol. The third kappa shape index (κ3) is 3.65. The summed E-state index contributed by atoms with van der Waals surface area (Å²) < 4.78 is 4.81. The molecule has 4 nitrogen and oxygen atoms in total. The lowest BCUT2D eigenvalue weighted by molar-refractivity contribution is 0.0598. The van der Waals surface area contributed by atoms with E-state index in [1.54, 1.807) is 18.5 Å². The van der Waals surface area contributed by atoms with E-state index < -0.39 is 0 Å². The molecule has 1 aromatic heterocycles. The topological polar surface area (TPSA) is 42.4 Å². The van der Waals surface area contributed by atoms with Crippen molar-refractivity contribution in [3.8, 4) is 0 Å². The monoisotopic (exact) mass is 270 g/mol. The number of rotatable bonds is 5. The van der Waals surface area contributed by atoms with Crippen LogP contribution in [0.4, 0.5) is 0 Å². The van der Waals surface area contributed by atoms with E-state index >= 15 is 0 Å². The molecule has 1 heterocycles. The summed E-state index contributed by atoms with van der Waals surface area (Å²) in [6.07, 6.45) is 3.57. The van der Waals surface area contributed by atoms with Crippen LogP contribution < -0.4 is 0 Å². The van der Waals surface area contributed by atoms with Crippen molar-refractivity contribution < 1.29 is 9.53 Å². The fourth-order valence-corrected chi connectivity index (χ4v) is 2.11. The van der Waals surface area contributed by atoms with Crippen molar-refractivity contribution in [2.24, 2.45) is 0 Å². The molecule has 4 heteroatoms. The van der Waals surface area contributed by atoms with Crippen LogP contribution in [0.5, 0.6) is 0 Å². The first-order valence-electron chi connectivity index (χ1n) is 6.44. The smallest absolute Gasteiger partial charge is 0.338 e. The average Bonchev–Trinajstić information content (AvgIpc) is 2.48. The van der Waals surface area contributed by atoms with Gasteiger partial charge >= 0.3 is 5.97 Å². The van der Waals surface area contributed by atoms with Gasteiger partial charge in [0.25, 0.3) is 0 Å². The molecule has 2 rings (SSSR count). The minimum absolute atomic E-state index is 0.294. The molecular weight excluding hydrogens is 252 g/mol. The molecule has 0 atom stereocenters. The molecule has 0 amide bonds. The lowest BCUT2D eigenvalue weighted by Crippen LogP contribution is -2.19. The Morgan fingerprint density at radius 1 is 1.15 bits per heavy atom. The van der Waals surface area contributed by atoms with E-state index in [1.807, 2.05) is 37.4 Å². The normalized spacial score (nSPS) is 10.6. The number of aromatic nitrogens is 1. The number of carbonyl (C=O) groups excluding carboxylic acids is 1. The van der Waals surface area contributed by atoms with E-state index in [9.17, 15) is 4.79 Å². The fourth-order valence-electron chi connectivity index (χ4n) is 2.11. The third-order valence-corrected chi connectivity index (χ3v) is 3.06. The first-order valence-corrected chi connectivity index (χ1v) is 6.44. The Bertz CT molecular complexity index is 570. The van der Waals surface area contributed by atoms with Gasteiger partial charge in [-0.3, -0.25) is 9.88 Å². The summed E-state index contributed by atoms with van der Waals surface area (Å²) in [4.78, 5) is 17.9. The highest BCUT2D eigenvalue weighted by molar-refractivity contribution is 5.90.